The molecule has 2 N–H and O–H groups in total. The number of nitrogens with two attached hydrogens (primary N) is 1. The second-order valence-corrected chi connectivity index (χ2v) is 4.94. The van der Waals surface area contributed by atoms with E-state index in [1.54, 1.807) is 0 Å². The van der Waals surface area contributed by atoms with Crippen molar-refractivity contribution in [1.82, 2.24) is 4.90 Å². The number of carbonyl (C=O) groups excluding carboxylic acids is 1. The zero-order valence-corrected chi connectivity index (χ0v) is 9.45. The zero-order chi connectivity index (χ0) is 10.7. The molecule has 2 fully saturated rings. The molecule has 2 aliphatic rings. The maximum absolute atomic E-state index is 11.4. The van der Waals surface area contributed by atoms with Crippen LogP contribution in [0.1, 0.15) is 51.4 Å². The van der Waals surface area contributed by atoms with E-state index >= 15 is 0 Å². The van der Waals surface area contributed by atoms with Gasteiger partial charge >= 0.3 is 0 Å². The molecule has 0 aromatic heterocycles. The molecule has 1 saturated carbocycles. The standard InChI is InChI=1S/C12H22N2O/c13-12(15)11-8-4-5-9-14(11)10-6-2-1-3-7-10/h10-11H,1-9H2,(H2,13,15)/t11-/m1/s1. The number of nitrogens with zero attached hydrogens (tertiary/aromatic N) is 1. The Balaban J connectivity index is 1.99. The lowest BCUT2D eigenvalue weighted by Crippen LogP contribution is -2.52. The van der Waals surface area contributed by atoms with E-state index in [-0.39, 0.29) is 11.9 Å². The molecule has 1 atom stereocenters. The van der Waals surface area contributed by atoms with E-state index in [0.29, 0.717) is 6.04 Å². The highest BCUT2D eigenvalue weighted by atomic mass is 16.1. The average Bonchev–Trinajstić information content (AvgIpc) is 2.30. The molecule has 1 aliphatic heterocycles. The van der Waals surface area contributed by atoms with Gasteiger partial charge < -0.3 is 5.73 Å². The molecule has 0 spiro atoms. The number of rotatable bonds is 2. The van der Waals surface area contributed by atoms with Gasteiger partial charge in [0.05, 0.1) is 6.04 Å². The van der Waals surface area contributed by atoms with Gasteiger partial charge in [0.15, 0.2) is 0 Å². The highest BCUT2D eigenvalue weighted by molar-refractivity contribution is 5.80. The van der Waals surface area contributed by atoms with Crippen LogP contribution in [0.15, 0.2) is 0 Å². The summed E-state index contributed by atoms with van der Waals surface area (Å²) in [5.74, 6) is -0.111. The van der Waals surface area contributed by atoms with E-state index in [1.165, 1.54) is 38.5 Å². The van der Waals surface area contributed by atoms with Gasteiger partial charge in [0.25, 0.3) is 0 Å². The first kappa shape index (κ1) is 10.9. The second-order valence-electron chi connectivity index (χ2n) is 4.94. The highest BCUT2D eigenvalue weighted by Gasteiger charge is 2.32. The van der Waals surface area contributed by atoms with Crippen LogP contribution in [0.25, 0.3) is 0 Å². The molecule has 0 unspecified atom stereocenters. The van der Waals surface area contributed by atoms with E-state index in [4.69, 9.17) is 5.73 Å². The molecule has 2 rings (SSSR count). The lowest BCUT2D eigenvalue weighted by molar-refractivity contribution is -0.125. The molecule has 0 aromatic carbocycles. The monoisotopic (exact) mass is 210 g/mol. The number of hydrogen-bond acceptors (Lipinski definition) is 2. The lowest BCUT2D eigenvalue weighted by Gasteiger charge is -2.41. The van der Waals surface area contributed by atoms with Crippen LogP contribution in [0.5, 0.6) is 0 Å². The fraction of sp³-hybridized carbons (Fsp3) is 0.917. The van der Waals surface area contributed by atoms with Gasteiger partial charge in [-0.3, -0.25) is 9.69 Å². The molecule has 86 valence electrons. The van der Waals surface area contributed by atoms with Crippen LogP contribution in [0, 0.1) is 0 Å². The van der Waals surface area contributed by atoms with Crippen molar-refractivity contribution in [3.05, 3.63) is 0 Å². The van der Waals surface area contributed by atoms with Crippen molar-refractivity contribution in [3.8, 4) is 0 Å². The van der Waals surface area contributed by atoms with Crippen LogP contribution in [-0.2, 0) is 4.79 Å². The smallest absolute Gasteiger partial charge is 0.234 e. The normalized spacial score (nSPS) is 30.3. The number of hydrogen-bond donors (Lipinski definition) is 1. The molecule has 1 aliphatic carbocycles. The summed E-state index contributed by atoms with van der Waals surface area (Å²) in [6, 6.07) is 0.665. The van der Waals surface area contributed by atoms with Gasteiger partial charge in [0.2, 0.25) is 5.91 Å². The summed E-state index contributed by atoms with van der Waals surface area (Å²) in [6.45, 7) is 1.08. The van der Waals surface area contributed by atoms with Crippen LogP contribution >= 0.6 is 0 Å². The fourth-order valence-corrected chi connectivity index (χ4v) is 3.11. The van der Waals surface area contributed by atoms with Gasteiger partial charge in [-0.15, -0.1) is 0 Å². The summed E-state index contributed by atoms with van der Waals surface area (Å²) in [5.41, 5.74) is 5.48. The maximum Gasteiger partial charge on any atom is 0.234 e. The van der Waals surface area contributed by atoms with Gasteiger partial charge in [-0.2, -0.15) is 0 Å². The molecule has 0 radical (unpaired) electrons. The minimum atomic E-state index is -0.111. The zero-order valence-electron chi connectivity index (χ0n) is 9.45. The van der Waals surface area contributed by atoms with E-state index in [2.05, 4.69) is 4.90 Å². The van der Waals surface area contributed by atoms with Gasteiger partial charge in [-0.05, 0) is 32.2 Å². The number of likely N-dealkylation sites (tertiary alicyclic amines) is 1. The van der Waals surface area contributed by atoms with Gasteiger partial charge in [-0.1, -0.05) is 25.7 Å². The van der Waals surface area contributed by atoms with Crippen LogP contribution in [0.2, 0.25) is 0 Å². The number of amides is 1. The van der Waals surface area contributed by atoms with Crippen molar-refractivity contribution in [2.75, 3.05) is 6.54 Å². The summed E-state index contributed by atoms with van der Waals surface area (Å²) in [6.07, 6.45) is 9.93. The van der Waals surface area contributed by atoms with Crippen molar-refractivity contribution >= 4 is 5.91 Å². The van der Waals surface area contributed by atoms with E-state index in [1.807, 2.05) is 0 Å². The second kappa shape index (κ2) is 4.97. The Bertz CT molecular complexity index is 224. The van der Waals surface area contributed by atoms with Crippen molar-refractivity contribution in [2.45, 2.75) is 63.5 Å². The summed E-state index contributed by atoms with van der Waals surface area (Å²) < 4.78 is 0. The van der Waals surface area contributed by atoms with Crippen molar-refractivity contribution in [3.63, 3.8) is 0 Å². The minimum Gasteiger partial charge on any atom is -0.368 e. The molecule has 15 heavy (non-hydrogen) atoms. The summed E-state index contributed by atoms with van der Waals surface area (Å²) in [7, 11) is 0. The Morgan fingerprint density at radius 2 is 1.67 bits per heavy atom. The van der Waals surface area contributed by atoms with Gasteiger partial charge in [-0.25, -0.2) is 0 Å². The molecular formula is C12H22N2O. The quantitative estimate of drug-likeness (QED) is 0.753. The first-order chi connectivity index (χ1) is 7.29. The van der Waals surface area contributed by atoms with Gasteiger partial charge in [0.1, 0.15) is 0 Å². The van der Waals surface area contributed by atoms with E-state index in [9.17, 15) is 4.79 Å². The highest BCUT2D eigenvalue weighted by Crippen LogP contribution is 2.28. The first-order valence-electron chi connectivity index (χ1n) is 6.34. The van der Waals surface area contributed by atoms with E-state index in [0.717, 1.165) is 19.4 Å². The molecule has 3 heteroatoms. The van der Waals surface area contributed by atoms with Crippen molar-refractivity contribution in [1.29, 1.82) is 0 Å². The Hall–Kier alpha value is -0.570. The predicted molar refractivity (Wildman–Crippen MR) is 60.4 cm³/mol. The third-order valence-corrected chi connectivity index (χ3v) is 3.92. The minimum absolute atomic E-state index is 0.0295. The van der Waals surface area contributed by atoms with Crippen LogP contribution in [-0.4, -0.2) is 29.4 Å². The summed E-state index contributed by atoms with van der Waals surface area (Å²) in [4.78, 5) is 13.8. The predicted octanol–water partition coefficient (Wildman–Crippen LogP) is 1.66. The summed E-state index contributed by atoms with van der Waals surface area (Å²) in [5, 5.41) is 0. The van der Waals surface area contributed by atoms with E-state index < -0.39 is 0 Å². The summed E-state index contributed by atoms with van der Waals surface area (Å²) >= 11 is 0. The Kier molecular flexibility index (Phi) is 3.62. The Morgan fingerprint density at radius 3 is 2.33 bits per heavy atom. The topological polar surface area (TPSA) is 46.3 Å². The SMILES string of the molecule is NC(=O)[C@H]1CCCCN1C1CCCCC1. The van der Waals surface area contributed by atoms with Crippen molar-refractivity contribution in [2.24, 2.45) is 5.73 Å². The third kappa shape index (κ3) is 2.51. The molecule has 1 amide bonds. The number of primary amides is 1. The van der Waals surface area contributed by atoms with Crippen LogP contribution in [0.3, 0.4) is 0 Å². The largest absolute Gasteiger partial charge is 0.368 e. The van der Waals surface area contributed by atoms with Crippen LogP contribution < -0.4 is 5.73 Å². The lowest BCUT2D eigenvalue weighted by atomic mass is 9.90. The van der Waals surface area contributed by atoms with Crippen molar-refractivity contribution < 1.29 is 4.79 Å². The fourth-order valence-electron chi connectivity index (χ4n) is 3.11. The molecule has 3 nitrogen and oxygen atoms in total. The average molecular weight is 210 g/mol. The first-order valence-corrected chi connectivity index (χ1v) is 6.34. The molecule has 1 heterocycles. The third-order valence-electron chi connectivity index (χ3n) is 3.92. The Labute approximate surface area is 92.0 Å². The maximum atomic E-state index is 11.4. The Morgan fingerprint density at radius 1 is 1.00 bits per heavy atom. The molecule has 0 bridgehead atoms. The molecule has 1 saturated heterocycles. The number of piperidine rings is 1. The molecular weight excluding hydrogens is 188 g/mol. The molecule has 0 aromatic rings. The van der Waals surface area contributed by atoms with Gasteiger partial charge in [0, 0.05) is 6.04 Å². The van der Waals surface area contributed by atoms with Crippen LogP contribution in [0.4, 0.5) is 0 Å². The number of carbonyl (C=O) groups is 1.